The molecule has 0 radical (unpaired) electrons. The van der Waals surface area contributed by atoms with Crippen molar-refractivity contribution in [1.82, 2.24) is 9.80 Å². The number of fused-ring (bicyclic) bond motifs is 2. The summed E-state index contributed by atoms with van der Waals surface area (Å²) in [6.45, 7) is 8.05. The third-order valence-corrected chi connectivity index (χ3v) is 6.26. The lowest BCUT2D eigenvalue weighted by molar-refractivity contribution is 0.0722. The number of carbonyl (C=O) groups is 1. The van der Waals surface area contributed by atoms with E-state index in [0.717, 1.165) is 41.8 Å². The topological polar surface area (TPSA) is 63.0 Å². The SMILES string of the molecule is CCCOc1ccc([C@@H]2c3c(oc4cc(C)c(C)cc4c3=O)C(=O)N2CCCN(C)C)cc1. The van der Waals surface area contributed by atoms with Crippen LogP contribution in [0, 0.1) is 13.8 Å². The number of rotatable bonds is 8. The summed E-state index contributed by atoms with van der Waals surface area (Å²) < 4.78 is 11.8. The Balaban J connectivity index is 1.82. The predicted octanol–water partition coefficient (Wildman–Crippen LogP) is 4.70. The second kappa shape index (κ2) is 9.40. The minimum absolute atomic E-state index is 0.130. The van der Waals surface area contributed by atoms with Crippen LogP contribution in [-0.2, 0) is 0 Å². The van der Waals surface area contributed by atoms with Crippen molar-refractivity contribution in [3.63, 3.8) is 0 Å². The highest BCUT2D eigenvalue weighted by Gasteiger charge is 2.42. The van der Waals surface area contributed by atoms with Gasteiger partial charge in [-0.15, -0.1) is 0 Å². The molecule has 0 saturated heterocycles. The molecule has 1 aliphatic heterocycles. The second-order valence-electron chi connectivity index (χ2n) is 9.08. The Bertz CT molecular complexity index is 1230. The summed E-state index contributed by atoms with van der Waals surface area (Å²) in [6, 6.07) is 10.9. The standard InChI is InChI=1S/C27H32N2O4/c1-6-14-32-20-10-8-19(9-11-20)24-23-25(30)21-15-17(2)18(3)16-22(21)33-26(23)27(31)29(24)13-7-12-28(4)5/h8-11,15-16,24H,6-7,12-14H2,1-5H3/t24-/m1/s1. The third kappa shape index (κ3) is 4.40. The van der Waals surface area contributed by atoms with E-state index in [2.05, 4.69) is 11.8 Å². The number of nitrogens with zero attached hydrogens (tertiary/aromatic N) is 2. The normalized spacial score (nSPS) is 15.5. The fraction of sp³-hybridized carbons (Fsp3) is 0.407. The smallest absolute Gasteiger partial charge is 0.290 e. The van der Waals surface area contributed by atoms with Crippen LogP contribution in [0.3, 0.4) is 0 Å². The maximum absolute atomic E-state index is 13.7. The van der Waals surface area contributed by atoms with Crippen molar-refractivity contribution in [1.29, 1.82) is 0 Å². The summed E-state index contributed by atoms with van der Waals surface area (Å²) in [5.74, 6) is 0.718. The lowest BCUT2D eigenvalue weighted by Gasteiger charge is -2.26. The molecule has 0 fully saturated rings. The molecule has 4 rings (SSSR count). The zero-order valence-corrected chi connectivity index (χ0v) is 20.1. The van der Waals surface area contributed by atoms with Gasteiger partial charge in [0, 0.05) is 6.54 Å². The first kappa shape index (κ1) is 23.1. The molecule has 2 aromatic carbocycles. The van der Waals surface area contributed by atoms with Gasteiger partial charge in [-0.1, -0.05) is 19.1 Å². The van der Waals surface area contributed by atoms with Gasteiger partial charge < -0.3 is 19.0 Å². The van der Waals surface area contributed by atoms with E-state index in [4.69, 9.17) is 9.15 Å². The van der Waals surface area contributed by atoms with Crippen molar-refractivity contribution < 1.29 is 13.9 Å². The molecular formula is C27H32N2O4. The summed E-state index contributed by atoms with van der Waals surface area (Å²) >= 11 is 0. The van der Waals surface area contributed by atoms with Gasteiger partial charge in [0.15, 0.2) is 5.43 Å². The highest BCUT2D eigenvalue weighted by molar-refractivity contribution is 5.99. The Morgan fingerprint density at radius 3 is 2.42 bits per heavy atom. The predicted molar refractivity (Wildman–Crippen MR) is 130 cm³/mol. The summed E-state index contributed by atoms with van der Waals surface area (Å²) in [5, 5.41) is 0.521. The quantitative estimate of drug-likeness (QED) is 0.500. The summed E-state index contributed by atoms with van der Waals surface area (Å²) in [6.07, 6.45) is 1.73. The zero-order chi connectivity index (χ0) is 23.7. The largest absolute Gasteiger partial charge is 0.494 e. The van der Waals surface area contributed by atoms with E-state index in [9.17, 15) is 9.59 Å². The van der Waals surface area contributed by atoms with E-state index in [-0.39, 0.29) is 17.1 Å². The number of hydrogen-bond acceptors (Lipinski definition) is 5. The van der Waals surface area contributed by atoms with Crippen LogP contribution in [-0.4, -0.2) is 49.5 Å². The highest BCUT2D eigenvalue weighted by atomic mass is 16.5. The third-order valence-electron chi connectivity index (χ3n) is 6.26. The van der Waals surface area contributed by atoms with Gasteiger partial charge in [0.2, 0.25) is 5.76 Å². The molecule has 1 aromatic heterocycles. The Morgan fingerprint density at radius 1 is 1.06 bits per heavy atom. The van der Waals surface area contributed by atoms with Crippen LogP contribution in [0.25, 0.3) is 11.0 Å². The molecule has 174 valence electrons. The van der Waals surface area contributed by atoms with E-state index < -0.39 is 6.04 Å². The van der Waals surface area contributed by atoms with Gasteiger partial charge in [-0.2, -0.15) is 0 Å². The van der Waals surface area contributed by atoms with Gasteiger partial charge >= 0.3 is 0 Å². The van der Waals surface area contributed by atoms with E-state index in [1.807, 2.05) is 64.3 Å². The maximum Gasteiger partial charge on any atom is 0.290 e. The minimum Gasteiger partial charge on any atom is -0.494 e. The first-order valence-electron chi connectivity index (χ1n) is 11.6. The van der Waals surface area contributed by atoms with Gasteiger partial charge in [-0.05, 0) is 88.3 Å². The van der Waals surface area contributed by atoms with Gasteiger partial charge in [0.05, 0.1) is 23.6 Å². The van der Waals surface area contributed by atoms with Gasteiger partial charge in [-0.25, -0.2) is 0 Å². The zero-order valence-electron chi connectivity index (χ0n) is 20.1. The fourth-order valence-corrected chi connectivity index (χ4v) is 4.38. The van der Waals surface area contributed by atoms with Crippen molar-refractivity contribution in [3.8, 4) is 5.75 Å². The van der Waals surface area contributed by atoms with Gasteiger partial charge in [0.1, 0.15) is 11.3 Å². The van der Waals surface area contributed by atoms with Crippen LogP contribution in [0.5, 0.6) is 5.75 Å². The number of aryl methyl sites for hydroxylation is 2. The van der Waals surface area contributed by atoms with Gasteiger partial charge in [0.25, 0.3) is 5.91 Å². The Labute approximate surface area is 194 Å². The molecule has 0 aliphatic carbocycles. The van der Waals surface area contributed by atoms with Crippen molar-refractivity contribution >= 4 is 16.9 Å². The minimum atomic E-state index is -0.475. The Morgan fingerprint density at radius 2 is 1.76 bits per heavy atom. The summed E-state index contributed by atoms with van der Waals surface area (Å²) in [4.78, 5) is 31.0. The molecule has 33 heavy (non-hydrogen) atoms. The number of hydrogen-bond donors (Lipinski definition) is 0. The average Bonchev–Trinajstić information content (AvgIpc) is 3.06. The average molecular weight is 449 g/mol. The van der Waals surface area contributed by atoms with Crippen LogP contribution >= 0.6 is 0 Å². The highest BCUT2D eigenvalue weighted by Crippen LogP contribution is 2.39. The Kier molecular flexibility index (Phi) is 6.56. The maximum atomic E-state index is 13.7. The van der Waals surface area contributed by atoms with E-state index in [1.165, 1.54) is 0 Å². The molecule has 6 heteroatoms. The fourth-order valence-electron chi connectivity index (χ4n) is 4.38. The van der Waals surface area contributed by atoms with E-state index in [0.29, 0.717) is 29.7 Å². The summed E-state index contributed by atoms with van der Waals surface area (Å²) in [7, 11) is 4.02. The van der Waals surface area contributed by atoms with Crippen LogP contribution in [0.4, 0.5) is 0 Å². The molecule has 1 aliphatic rings. The molecular weight excluding hydrogens is 416 g/mol. The van der Waals surface area contributed by atoms with Crippen molar-refractivity contribution in [3.05, 3.63) is 74.6 Å². The van der Waals surface area contributed by atoms with Crippen LogP contribution in [0.1, 0.15) is 58.6 Å². The molecule has 0 spiro atoms. The molecule has 1 amide bonds. The van der Waals surface area contributed by atoms with Crippen molar-refractivity contribution in [2.45, 2.75) is 39.7 Å². The molecule has 6 nitrogen and oxygen atoms in total. The lowest BCUT2D eigenvalue weighted by Crippen LogP contribution is -2.32. The molecule has 0 unspecified atom stereocenters. The number of amides is 1. The molecule has 1 atom stereocenters. The number of carbonyl (C=O) groups excluding carboxylic acids is 1. The van der Waals surface area contributed by atoms with Crippen molar-refractivity contribution in [2.75, 3.05) is 33.8 Å². The second-order valence-corrected chi connectivity index (χ2v) is 9.08. The first-order chi connectivity index (χ1) is 15.8. The van der Waals surface area contributed by atoms with Crippen molar-refractivity contribution in [2.24, 2.45) is 0 Å². The molecule has 0 N–H and O–H groups in total. The Hall–Kier alpha value is -3.12. The molecule has 0 bridgehead atoms. The lowest BCUT2D eigenvalue weighted by atomic mass is 9.97. The van der Waals surface area contributed by atoms with E-state index >= 15 is 0 Å². The monoisotopic (exact) mass is 448 g/mol. The summed E-state index contributed by atoms with van der Waals surface area (Å²) in [5.41, 5.74) is 3.70. The first-order valence-corrected chi connectivity index (χ1v) is 11.6. The number of benzene rings is 2. The molecule has 2 heterocycles. The van der Waals surface area contributed by atoms with Crippen LogP contribution in [0.15, 0.2) is 45.6 Å². The van der Waals surface area contributed by atoms with E-state index in [1.54, 1.807) is 4.90 Å². The number of ether oxygens (including phenoxy) is 1. The molecule has 0 saturated carbocycles. The molecule has 3 aromatic rings. The van der Waals surface area contributed by atoms with Gasteiger partial charge in [-0.3, -0.25) is 9.59 Å². The van der Waals surface area contributed by atoms with Crippen LogP contribution < -0.4 is 10.2 Å². The van der Waals surface area contributed by atoms with Crippen LogP contribution in [0.2, 0.25) is 0 Å².